The quantitative estimate of drug-likeness (QED) is 0.841. The van der Waals surface area contributed by atoms with Crippen molar-refractivity contribution in [3.63, 3.8) is 0 Å². The van der Waals surface area contributed by atoms with E-state index >= 15 is 0 Å². The van der Waals surface area contributed by atoms with Gasteiger partial charge in [-0.15, -0.1) is 0 Å². The Bertz CT molecular complexity index is 629. The molecular weight excluding hydrogens is 259 g/mol. The van der Waals surface area contributed by atoms with Gasteiger partial charge in [-0.1, -0.05) is 18.2 Å². The molecule has 2 aromatic rings. The molecule has 0 bridgehead atoms. The summed E-state index contributed by atoms with van der Waals surface area (Å²) in [4.78, 5) is 12.1. The number of rotatable bonds is 4. The number of ether oxygens (including phenoxy) is 1. The van der Waals surface area contributed by atoms with E-state index in [4.69, 9.17) is 10.5 Å². The first-order chi connectivity index (χ1) is 9.61. The Morgan fingerprint density at radius 2 is 2.05 bits per heavy atom. The van der Waals surface area contributed by atoms with Crippen LogP contribution in [0.15, 0.2) is 42.5 Å². The summed E-state index contributed by atoms with van der Waals surface area (Å²) in [6.45, 7) is 0.269. The Hall–Kier alpha value is -2.56. The van der Waals surface area contributed by atoms with Gasteiger partial charge in [0.2, 0.25) is 0 Å². The lowest BCUT2D eigenvalue weighted by molar-refractivity contribution is 0.0947. The van der Waals surface area contributed by atoms with E-state index in [-0.39, 0.29) is 12.1 Å². The van der Waals surface area contributed by atoms with E-state index in [0.29, 0.717) is 11.4 Å². The Labute approximate surface area is 116 Å². The average Bonchev–Trinajstić information content (AvgIpc) is 2.46. The highest BCUT2D eigenvalue weighted by Crippen LogP contribution is 2.19. The molecule has 5 heteroatoms. The minimum absolute atomic E-state index is 0.155. The summed E-state index contributed by atoms with van der Waals surface area (Å²) in [5.74, 6) is -0.579. The minimum atomic E-state index is -0.491. The number of nitrogen functional groups attached to an aromatic ring is 1. The van der Waals surface area contributed by atoms with Crippen LogP contribution in [-0.2, 0) is 6.54 Å². The molecule has 0 heterocycles. The van der Waals surface area contributed by atoms with E-state index in [0.717, 1.165) is 11.6 Å². The van der Waals surface area contributed by atoms with Gasteiger partial charge in [0.25, 0.3) is 5.91 Å². The van der Waals surface area contributed by atoms with Crippen molar-refractivity contribution in [2.75, 3.05) is 12.8 Å². The maximum atomic E-state index is 13.2. The van der Waals surface area contributed by atoms with Crippen LogP contribution in [0.1, 0.15) is 15.9 Å². The standard InChI is InChI=1S/C15H15FN2O2/c1-20-14-7-6-11(16)8-12(14)15(19)18-9-10-4-2-3-5-13(10)17/h2-8H,9,17H2,1H3,(H,18,19). The summed E-state index contributed by atoms with van der Waals surface area (Å²) in [6, 6.07) is 11.0. The lowest BCUT2D eigenvalue weighted by atomic mass is 10.1. The number of halogens is 1. The van der Waals surface area contributed by atoms with Crippen molar-refractivity contribution in [1.29, 1.82) is 0 Å². The van der Waals surface area contributed by atoms with Crippen LogP contribution in [0.2, 0.25) is 0 Å². The van der Waals surface area contributed by atoms with Crippen molar-refractivity contribution >= 4 is 11.6 Å². The maximum Gasteiger partial charge on any atom is 0.255 e. The van der Waals surface area contributed by atoms with Gasteiger partial charge in [0.1, 0.15) is 11.6 Å². The van der Waals surface area contributed by atoms with Gasteiger partial charge in [-0.05, 0) is 29.8 Å². The van der Waals surface area contributed by atoms with Crippen LogP contribution in [-0.4, -0.2) is 13.0 Å². The molecule has 20 heavy (non-hydrogen) atoms. The minimum Gasteiger partial charge on any atom is -0.496 e. The third kappa shape index (κ3) is 3.06. The second-order valence-corrected chi connectivity index (χ2v) is 4.23. The Balaban J connectivity index is 2.13. The molecule has 0 saturated heterocycles. The molecule has 0 saturated carbocycles. The third-order valence-corrected chi connectivity index (χ3v) is 2.90. The van der Waals surface area contributed by atoms with Gasteiger partial charge < -0.3 is 15.8 Å². The summed E-state index contributed by atoms with van der Waals surface area (Å²) in [7, 11) is 1.43. The molecule has 0 aliphatic rings. The van der Waals surface area contributed by atoms with Gasteiger partial charge in [-0.3, -0.25) is 4.79 Å². The zero-order valence-corrected chi connectivity index (χ0v) is 11.0. The lowest BCUT2D eigenvalue weighted by Crippen LogP contribution is -2.24. The Kier molecular flexibility index (Phi) is 4.20. The van der Waals surface area contributed by atoms with Crippen LogP contribution in [0.3, 0.4) is 0 Å². The number of anilines is 1. The van der Waals surface area contributed by atoms with E-state index in [1.807, 2.05) is 18.2 Å². The molecule has 104 valence electrons. The Morgan fingerprint density at radius 3 is 2.75 bits per heavy atom. The number of carbonyl (C=O) groups is 1. The molecule has 0 aliphatic heterocycles. The first-order valence-corrected chi connectivity index (χ1v) is 6.07. The number of hydrogen-bond acceptors (Lipinski definition) is 3. The molecule has 2 aromatic carbocycles. The predicted molar refractivity (Wildman–Crippen MR) is 75.0 cm³/mol. The summed E-state index contributed by atoms with van der Waals surface area (Å²) in [6.07, 6.45) is 0. The number of benzene rings is 2. The molecule has 4 nitrogen and oxygen atoms in total. The van der Waals surface area contributed by atoms with Gasteiger partial charge in [0, 0.05) is 12.2 Å². The molecule has 0 fully saturated rings. The van der Waals surface area contributed by atoms with E-state index in [9.17, 15) is 9.18 Å². The van der Waals surface area contributed by atoms with E-state index in [1.165, 1.54) is 19.2 Å². The van der Waals surface area contributed by atoms with Crippen LogP contribution < -0.4 is 15.8 Å². The largest absolute Gasteiger partial charge is 0.496 e. The number of carbonyl (C=O) groups excluding carboxylic acids is 1. The molecule has 0 unspecified atom stereocenters. The summed E-state index contributed by atoms with van der Waals surface area (Å²) >= 11 is 0. The van der Waals surface area contributed by atoms with Crippen LogP contribution in [0.25, 0.3) is 0 Å². The van der Waals surface area contributed by atoms with E-state index < -0.39 is 11.7 Å². The maximum absolute atomic E-state index is 13.2. The van der Waals surface area contributed by atoms with Gasteiger partial charge in [-0.25, -0.2) is 4.39 Å². The SMILES string of the molecule is COc1ccc(F)cc1C(=O)NCc1ccccc1N. The van der Waals surface area contributed by atoms with Crippen molar-refractivity contribution in [2.45, 2.75) is 6.54 Å². The highest BCUT2D eigenvalue weighted by molar-refractivity contribution is 5.96. The number of hydrogen-bond donors (Lipinski definition) is 2. The van der Waals surface area contributed by atoms with Gasteiger partial charge in [-0.2, -0.15) is 0 Å². The average molecular weight is 274 g/mol. The van der Waals surface area contributed by atoms with Crippen molar-refractivity contribution in [3.8, 4) is 5.75 Å². The topological polar surface area (TPSA) is 64.3 Å². The van der Waals surface area contributed by atoms with Crippen molar-refractivity contribution in [3.05, 3.63) is 59.4 Å². The Morgan fingerprint density at radius 1 is 1.30 bits per heavy atom. The van der Waals surface area contributed by atoms with Crippen LogP contribution in [0.5, 0.6) is 5.75 Å². The van der Waals surface area contributed by atoms with E-state index in [2.05, 4.69) is 5.32 Å². The number of nitrogens with one attached hydrogen (secondary N) is 1. The molecule has 1 amide bonds. The highest BCUT2D eigenvalue weighted by atomic mass is 19.1. The monoisotopic (exact) mass is 274 g/mol. The smallest absolute Gasteiger partial charge is 0.255 e. The van der Waals surface area contributed by atoms with Crippen LogP contribution in [0.4, 0.5) is 10.1 Å². The van der Waals surface area contributed by atoms with Crippen LogP contribution >= 0.6 is 0 Å². The fourth-order valence-electron chi connectivity index (χ4n) is 1.82. The molecule has 0 radical (unpaired) electrons. The van der Waals surface area contributed by atoms with Crippen molar-refractivity contribution < 1.29 is 13.9 Å². The van der Waals surface area contributed by atoms with Gasteiger partial charge in [0.05, 0.1) is 12.7 Å². The summed E-state index contributed by atoms with van der Waals surface area (Å²) in [5, 5.41) is 2.69. The lowest BCUT2D eigenvalue weighted by Gasteiger charge is -2.10. The second-order valence-electron chi connectivity index (χ2n) is 4.23. The molecule has 0 aliphatic carbocycles. The normalized spacial score (nSPS) is 10.1. The molecule has 0 aromatic heterocycles. The molecule has 3 N–H and O–H groups in total. The summed E-state index contributed by atoms with van der Waals surface area (Å²) < 4.78 is 18.3. The first-order valence-electron chi connectivity index (χ1n) is 6.07. The number of para-hydroxylation sites is 1. The molecule has 0 spiro atoms. The number of amides is 1. The first kappa shape index (κ1) is 13.9. The fraction of sp³-hybridized carbons (Fsp3) is 0.133. The van der Waals surface area contributed by atoms with Crippen molar-refractivity contribution in [1.82, 2.24) is 5.32 Å². The number of methoxy groups -OCH3 is 1. The van der Waals surface area contributed by atoms with E-state index in [1.54, 1.807) is 6.07 Å². The molecule has 2 rings (SSSR count). The third-order valence-electron chi connectivity index (χ3n) is 2.90. The van der Waals surface area contributed by atoms with Crippen molar-refractivity contribution in [2.24, 2.45) is 0 Å². The number of nitrogens with two attached hydrogens (primary N) is 1. The summed E-state index contributed by atoms with van der Waals surface area (Å²) in [5.41, 5.74) is 7.34. The highest BCUT2D eigenvalue weighted by Gasteiger charge is 2.13. The van der Waals surface area contributed by atoms with Crippen LogP contribution in [0, 0.1) is 5.82 Å². The molecule has 0 atom stereocenters. The zero-order valence-electron chi connectivity index (χ0n) is 11.0. The van der Waals surface area contributed by atoms with Gasteiger partial charge in [0.15, 0.2) is 0 Å². The van der Waals surface area contributed by atoms with Gasteiger partial charge >= 0.3 is 0 Å². The second kappa shape index (κ2) is 6.06. The zero-order chi connectivity index (χ0) is 14.5. The molecular formula is C15H15FN2O2. The fourth-order valence-corrected chi connectivity index (χ4v) is 1.82. The predicted octanol–water partition coefficient (Wildman–Crippen LogP) is 2.35.